The lowest BCUT2D eigenvalue weighted by molar-refractivity contribution is -0.126. The number of amides is 1. The van der Waals surface area contributed by atoms with Gasteiger partial charge in [-0.3, -0.25) is 4.79 Å². The van der Waals surface area contributed by atoms with Crippen LogP contribution in [0.4, 0.5) is 0 Å². The number of rotatable bonds is 5. The molecule has 0 aliphatic carbocycles. The number of hydrogen-bond donors (Lipinski definition) is 2. The minimum atomic E-state index is 0. The van der Waals surface area contributed by atoms with Crippen LogP contribution in [0.3, 0.4) is 0 Å². The van der Waals surface area contributed by atoms with E-state index in [9.17, 15) is 4.79 Å². The van der Waals surface area contributed by atoms with Crippen molar-refractivity contribution in [2.24, 2.45) is 11.8 Å². The van der Waals surface area contributed by atoms with E-state index in [1.807, 2.05) is 32.0 Å². The molecule has 0 radical (unpaired) electrons. The fourth-order valence-electron chi connectivity index (χ4n) is 2.38. The molecule has 118 valence electrons. The third-order valence-electron chi connectivity index (χ3n) is 4.01. The van der Waals surface area contributed by atoms with Crippen molar-refractivity contribution in [3.05, 3.63) is 33.8 Å². The van der Waals surface area contributed by atoms with Crippen molar-refractivity contribution in [1.29, 1.82) is 0 Å². The van der Waals surface area contributed by atoms with E-state index >= 15 is 0 Å². The average Bonchev–Trinajstić information content (AvgIpc) is 2.33. The fourth-order valence-corrected chi connectivity index (χ4v) is 3.15. The number of hydrogen-bond acceptors (Lipinski definition) is 2. The number of nitrogens with one attached hydrogen (secondary N) is 2. The maximum atomic E-state index is 12.1. The Hall–Kier alpha value is -0.480. The number of benzene rings is 1. The molecular formula is C15H21Cl3N2O. The molecule has 0 bridgehead atoms. The molecule has 1 aliphatic heterocycles. The van der Waals surface area contributed by atoms with Crippen molar-refractivity contribution in [1.82, 2.24) is 10.6 Å². The molecule has 3 nitrogen and oxygen atoms in total. The van der Waals surface area contributed by atoms with Gasteiger partial charge in [0.2, 0.25) is 5.91 Å². The van der Waals surface area contributed by atoms with Gasteiger partial charge >= 0.3 is 0 Å². The largest absolute Gasteiger partial charge is 0.355 e. The highest BCUT2D eigenvalue weighted by atomic mass is 35.5. The Morgan fingerprint density at radius 1 is 1.33 bits per heavy atom. The van der Waals surface area contributed by atoms with Gasteiger partial charge in [-0.1, -0.05) is 43.1 Å². The lowest BCUT2D eigenvalue weighted by Gasteiger charge is -2.32. The molecule has 1 amide bonds. The first-order chi connectivity index (χ1) is 9.50. The smallest absolute Gasteiger partial charge is 0.223 e. The van der Waals surface area contributed by atoms with Crippen LogP contribution in [-0.2, 0) is 4.79 Å². The Bertz CT molecular complexity index is 472. The zero-order chi connectivity index (χ0) is 14.7. The summed E-state index contributed by atoms with van der Waals surface area (Å²) in [6.07, 6.45) is 0. The van der Waals surface area contributed by atoms with E-state index < -0.39 is 0 Å². The van der Waals surface area contributed by atoms with E-state index in [1.165, 1.54) is 0 Å². The lowest BCUT2D eigenvalue weighted by atomic mass is 9.88. The quantitative estimate of drug-likeness (QED) is 0.852. The Labute approximate surface area is 142 Å². The number of carbonyl (C=O) groups is 1. The van der Waals surface area contributed by atoms with Crippen LogP contribution in [0.15, 0.2) is 18.2 Å². The molecule has 0 saturated carbocycles. The molecule has 1 aliphatic rings. The maximum Gasteiger partial charge on any atom is 0.223 e. The minimum Gasteiger partial charge on any atom is -0.355 e. The normalized spacial score (nSPS) is 17.3. The van der Waals surface area contributed by atoms with Crippen LogP contribution in [-0.4, -0.2) is 25.5 Å². The van der Waals surface area contributed by atoms with Crippen LogP contribution in [0, 0.1) is 11.8 Å². The first-order valence-electron chi connectivity index (χ1n) is 6.93. The van der Waals surface area contributed by atoms with Gasteiger partial charge in [0, 0.05) is 28.4 Å². The van der Waals surface area contributed by atoms with Crippen molar-refractivity contribution in [3.63, 3.8) is 0 Å². The molecule has 0 aromatic heterocycles. The molecule has 1 fully saturated rings. The molecule has 6 heteroatoms. The van der Waals surface area contributed by atoms with Crippen molar-refractivity contribution < 1.29 is 4.79 Å². The Kier molecular flexibility index (Phi) is 7.28. The van der Waals surface area contributed by atoms with Crippen LogP contribution in [0.25, 0.3) is 0 Å². The fraction of sp³-hybridized carbons (Fsp3) is 0.533. The van der Waals surface area contributed by atoms with E-state index in [2.05, 4.69) is 10.6 Å². The van der Waals surface area contributed by atoms with Gasteiger partial charge < -0.3 is 10.6 Å². The summed E-state index contributed by atoms with van der Waals surface area (Å²) in [5, 5.41) is 7.49. The summed E-state index contributed by atoms with van der Waals surface area (Å²) in [6.45, 7) is 6.41. The second-order valence-corrected chi connectivity index (χ2v) is 6.30. The van der Waals surface area contributed by atoms with E-state index in [4.69, 9.17) is 23.2 Å². The lowest BCUT2D eigenvalue weighted by Crippen LogP contribution is -2.49. The van der Waals surface area contributed by atoms with Gasteiger partial charge in [0.1, 0.15) is 0 Å². The Morgan fingerprint density at radius 3 is 2.38 bits per heavy atom. The summed E-state index contributed by atoms with van der Waals surface area (Å²) in [4.78, 5) is 12.1. The molecule has 21 heavy (non-hydrogen) atoms. The molecule has 2 N–H and O–H groups in total. The Balaban J connectivity index is 0.00000220. The predicted octanol–water partition coefficient (Wildman–Crippen LogP) is 3.49. The molecule has 0 spiro atoms. The minimum absolute atomic E-state index is 0. The number of halogens is 3. The third kappa shape index (κ3) is 4.49. The summed E-state index contributed by atoms with van der Waals surface area (Å²) in [6, 6.07) is 5.47. The second-order valence-electron chi connectivity index (χ2n) is 5.49. The van der Waals surface area contributed by atoms with Gasteiger partial charge in [-0.15, -0.1) is 12.4 Å². The summed E-state index contributed by atoms with van der Waals surface area (Å²) in [5.41, 5.74) is 0.897. The summed E-state index contributed by atoms with van der Waals surface area (Å²) < 4.78 is 0. The highest BCUT2D eigenvalue weighted by Crippen LogP contribution is 2.31. The van der Waals surface area contributed by atoms with Gasteiger partial charge in [0.25, 0.3) is 0 Å². The highest BCUT2D eigenvalue weighted by molar-refractivity contribution is 6.36. The number of carbonyl (C=O) groups excluding carboxylic acids is 1. The Morgan fingerprint density at radius 2 is 1.90 bits per heavy atom. The van der Waals surface area contributed by atoms with Crippen LogP contribution in [0.5, 0.6) is 0 Å². The average molecular weight is 352 g/mol. The monoisotopic (exact) mass is 350 g/mol. The van der Waals surface area contributed by atoms with Crippen molar-refractivity contribution in [2.75, 3.05) is 19.6 Å². The van der Waals surface area contributed by atoms with Gasteiger partial charge in [-0.2, -0.15) is 0 Å². The molecule has 1 aromatic carbocycles. The van der Waals surface area contributed by atoms with Crippen molar-refractivity contribution in [3.8, 4) is 0 Å². The van der Waals surface area contributed by atoms with E-state index in [0.29, 0.717) is 22.5 Å². The summed E-state index contributed by atoms with van der Waals surface area (Å²) in [5.74, 6) is 0.692. The molecule has 2 atom stereocenters. The predicted molar refractivity (Wildman–Crippen MR) is 90.7 cm³/mol. The zero-order valence-corrected chi connectivity index (χ0v) is 14.5. The van der Waals surface area contributed by atoms with Crippen LogP contribution in [0.1, 0.15) is 25.3 Å². The first-order valence-corrected chi connectivity index (χ1v) is 7.68. The summed E-state index contributed by atoms with van der Waals surface area (Å²) in [7, 11) is 0. The zero-order valence-electron chi connectivity index (χ0n) is 12.2. The molecule has 2 rings (SSSR count). The van der Waals surface area contributed by atoms with Crippen LogP contribution < -0.4 is 10.6 Å². The van der Waals surface area contributed by atoms with Crippen LogP contribution in [0.2, 0.25) is 10.0 Å². The van der Waals surface area contributed by atoms with E-state index in [-0.39, 0.29) is 30.2 Å². The highest BCUT2D eigenvalue weighted by Gasteiger charge is 2.28. The van der Waals surface area contributed by atoms with Gasteiger partial charge in [0.05, 0.1) is 0 Å². The van der Waals surface area contributed by atoms with Gasteiger partial charge in [-0.25, -0.2) is 0 Å². The second kappa shape index (κ2) is 8.23. The van der Waals surface area contributed by atoms with Crippen molar-refractivity contribution >= 4 is 41.5 Å². The van der Waals surface area contributed by atoms with E-state index in [0.717, 1.165) is 18.7 Å². The van der Waals surface area contributed by atoms with Crippen molar-refractivity contribution in [2.45, 2.75) is 19.8 Å². The standard InChI is InChI=1S/C15H20Cl2N2O.ClH/c1-9(14-12(16)4-3-5-13(14)17)6-19-15(20)10(2)11-7-18-8-11;/h3-5,9-11,18H,6-8H2,1-2H3,(H,19,20);1H. The molecule has 1 aromatic rings. The summed E-state index contributed by atoms with van der Waals surface area (Å²) >= 11 is 12.4. The first kappa shape index (κ1) is 18.6. The van der Waals surface area contributed by atoms with E-state index in [1.54, 1.807) is 0 Å². The molecule has 1 saturated heterocycles. The molecular weight excluding hydrogens is 331 g/mol. The maximum absolute atomic E-state index is 12.1. The SMILES string of the molecule is CC(CNC(=O)C(C)C1CNC1)c1c(Cl)cccc1Cl.Cl. The van der Waals surface area contributed by atoms with Gasteiger partial charge in [0.15, 0.2) is 0 Å². The molecule has 2 unspecified atom stereocenters. The van der Waals surface area contributed by atoms with Crippen LogP contribution >= 0.6 is 35.6 Å². The third-order valence-corrected chi connectivity index (χ3v) is 4.67. The van der Waals surface area contributed by atoms with Gasteiger partial charge in [-0.05, 0) is 36.7 Å². The topological polar surface area (TPSA) is 41.1 Å². The molecule has 1 heterocycles.